The summed E-state index contributed by atoms with van der Waals surface area (Å²) in [6, 6.07) is 7.55. The first-order chi connectivity index (χ1) is 10.5. The van der Waals surface area contributed by atoms with Gasteiger partial charge in [-0.3, -0.25) is 4.79 Å². The van der Waals surface area contributed by atoms with Crippen LogP contribution in [0.4, 0.5) is 15.9 Å². The Balaban J connectivity index is 2.26. The molecule has 6 heteroatoms. The molecule has 22 heavy (non-hydrogen) atoms. The summed E-state index contributed by atoms with van der Waals surface area (Å²) in [7, 11) is 0. The second kappa shape index (κ2) is 6.98. The first-order valence-electron chi connectivity index (χ1n) is 7.21. The topological polar surface area (TPSA) is 58.1 Å². The molecule has 1 amide bonds. The predicted octanol–water partition coefficient (Wildman–Crippen LogP) is 3.15. The van der Waals surface area contributed by atoms with Gasteiger partial charge in [0.25, 0.3) is 5.91 Å². The molecule has 0 saturated carbocycles. The largest absolute Gasteiger partial charge is 0.340 e. The van der Waals surface area contributed by atoms with Crippen molar-refractivity contribution in [3.63, 3.8) is 0 Å². The Morgan fingerprint density at radius 2 is 1.82 bits per heavy atom. The second-order valence-corrected chi connectivity index (χ2v) is 4.79. The number of rotatable bonds is 5. The lowest BCUT2D eigenvalue weighted by Crippen LogP contribution is -2.31. The summed E-state index contributed by atoms with van der Waals surface area (Å²) < 4.78 is 12.9. The van der Waals surface area contributed by atoms with Gasteiger partial charge < -0.3 is 10.2 Å². The molecule has 1 heterocycles. The number of aromatic nitrogens is 2. The molecular weight excluding hydrogens is 283 g/mol. The average molecular weight is 302 g/mol. The number of benzene rings is 1. The molecule has 0 spiro atoms. The van der Waals surface area contributed by atoms with E-state index in [1.807, 2.05) is 13.8 Å². The molecule has 0 bridgehead atoms. The number of amides is 1. The number of hydrogen-bond acceptors (Lipinski definition) is 4. The smallest absolute Gasteiger partial charge is 0.272 e. The maximum Gasteiger partial charge on any atom is 0.272 e. The molecule has 0 radical (unpaired) electrons. The van der Waals surface area contributed by atoms with E-state index in [0.29, 0.717) is 36.1 Å². The fraction of sp³-hybridized carbons (Fsp3) is 0.312. The molecule has 0 atom stereocenters. The van der Waals surface area contributed by atoms with Gasteiger partial charge in [-0.1, -0.05) is 0 Å². The van der Waals surface area contributed by atoms with Gasteiger partial charge in [-0.15, -0.1) is 0 Å². The Bertz CT molecular complexity index is 654. The minimum absolute atomic E-state index is 0.127. The maximum absolute atomic E-state index is 12.9. The van der Waals surface area contributed by atoms with Crippen LogP contribution in [0.5, 0.6) is 0 Å². The Labute approximate surface area is 129 Å². The van der Waals surface area contributed by atoms with Crippen LogP contribution in [0, 0.1) is 12.7 Å². The van der Waals surface area contributed by atoms with Crippen molar-refractivity contribution in [2.75, 3.05) is 18.4 Å². The van der Waals surface area contributed by atoms with E-state index in [9.17, 15) is 9.18 Å². The first-order valence-corrected chi connectivity index (χ1v) is 7.21. The molecule has 1 aromatic carbocycles. The molecule has 0 aliphatic carbocycles. The Kier molecular flexibility index (Phi) is 5.04. The summed E-state index contributed by atoms with van der Waals surface area (Å²) in [5, 5.41) is 3.05. The number of aryl methyl sites for hydroxylation is 1. The number of halogens is 1. The van der Waals surface area contributed by atoms with Crippen molar-refractivity contribution < 1.29 is 9.18 Å². The number of carbonyl (C=O) groups excluding carboxylic acids is 1. The molecule has 0 fully saturated rings. The number of nitrogens with one attached hydrogen (secondary N) is 1. The van der Waals surface area contributed by atoms with E-state index in [1.165, 1.54) is 12.1 Å². The van der Waals surface area contributed by atoms with Crippen LogP contribution in [0.25, 0.3) is 0 Å². The van der Waals surface area contributed by atoms with Crippen LogP contribution < -0.4 is 5.32 Å². The van der Waals surface area contributed by atoms with Crippen molar-refractivity contribution in [2.24, 2.45) is 0 Å². The summed E-state index contributed by atoms with van der Waals surface area (Å²) in [6.07, 6.45) is 0. The fourth-order valence-corrected chi connectivity index (χ4v) is 2.10. The van der Waals surface area contributed by atoms with Crippen molar-refractivity contribution in [2.45, 2.75) is 20.8 Å². The van der Waals surface area contributed by atoms with Gasteiger partial charge in [0, 0.05) is 24.8 Å². The van der Waals surface area contributed by atoms with Gasteiger partial charge in [0.2, 0.25) is 0 Å². The van der Waals surface area contributed by atoms with Crippen LogP contribution in [-0.2, 0) is 0 Å². The Morgan fingerprint density at radius 1 is 1.18 bits per heavy atom. The first kappa shape index (κ1) is 15.9. The van der Waals surface area contributed by atoms with Crippen molar-refractivity contribution in [1.29, 1.82) is 0 Å². The lowest BCUT2D eigenvalue weighted by atomic mass is 10.3. The van der Waals surface area contributed by atoms with Gasteiger partial charge in [0.05, 0.1) is 0 Å². The molecule has 2 rings (SSSR count). The molecular formula is C16H19FN4O. The third-order valence-electron chi connectivity index (χ3n) is 3.22. The molecule has 2 aromatic rings. The van der Waals surface area contributed by atoms with Gasteiger partial charge in [-0.05, 0) is 45.0 Å². The summed E-state index contributed by atoms with van der Waals surface area (Å²) in [5.41, 5.74) is 1.04. The maximum atomic E-state index is 12.9. The number of anilines is 2. The van der Waals surface area contributed by atoms with Crippen LogP contribution >= 0.6 is 0 Å². The highest BCUT2D eigenvalue weighted by Crippen LogP contribution is 2.16. The van der Waals surface area contributed by atoms with Gasteiger partial charge in [0.15, 0.2) is 0 Å². The molecule has 0 aliphatic rings. The van der Waals surface area contributed by atoms with E-state index in [-0.39, 0.29) is 11.7 Å². The molecule has 0 aliphatic heterocycles. The molecule has 0 saturated heterocycles. The summed E-state index contributed by atoms with van der Waals surface area (Å²) in [6.45, 7) is 6.83. The molecule has 1 N–H and O–H groups in total. The van der Waals surface area contributed by atoms with Gasteiger partial charge in [-0.25, -0.2) is 14.4 Å². The summed E-state index contributed by atoms with van der Waals surface area (Å²) >= 11 is 0. The average Bonchev–Trinajstić information content (AvgIpc) is 2.50. The van der Waals surface area contributed by atoms with E-state index < -0.39 is 0 Å². The lowest BCUT2D eigenvalue weighted by molar-refractivity contribution is 0.0766. The Morgan fingerprint density at radius 3 is 2.41 bits per heavy atom. The van der Waals surface area contributed by atoms with E-state index in [0.717, 1.165) is 0 Å². The number of carbonyl (C=O) groups is 1. The minimum Gasteiger partial charge on any atom is -0.340 e. The monoisotopic (exact) mass is 302 g/mol. The zero-order chi connectivity index (χ0) is 16.1. The highest BCUT2D eigenvalue weighted by atomic mass is 19.1. The zero-order valence-corrected chi connectivity index (χ0v) is 12.9. The highest BCUT2D eigenvalue weighted by Gasteiger charge is 2.15. The SMILES string of the molecule is CCN(CC)C(=O)c1cc(Nc2ccc(F)cc2)nc(C)n1. The molecule has 0 unspecified atom stereocenters. The standard InChI is InChI=1S/C16H19FN4O/c1-4-21(5-2)16(22)14-10-15(19-11(3)18-14)20-13-8-6-12(17)7-9-13/h6-10H,4-5H2,1-3H3,(H,18,19,20). The van der Waals surface area contributed by atoms with Gasteiger partial charge >= 0.3 is 0 Å². The quantitative estimate of drug-likeness (QED) is 0.921. The normalized spacial score (nSPS) is 10.4. The van der Waals surface area contributed by atoms with Crippen LogP contribution in [0.2, 0.25) is 0 Å². The molecule has 1 aromatic heterocycles. The van der Waals surface area contributed by atoms with E-state index in [4.69, 9.17) is 0 Å². The van der Waals surface area contributed by atoms with Crippen LogP contribution in [0.15, 0.2) is 30.3 Å². The Hall–Kier alpha value is -2.50. The van der Waals surface area contributed by atoms with Crippen LogP contribution in [0.3, 0.4) is 0 Å². The molecule has 5 nitrogen and oxygen atoms in total. The number of nitrogens with zero attached hydrogens (tertiary/aromatic N) is 3. The van der Waals surface area contributed by atoms with Crippen molar-refractivity contribution >= 4 is 17.4 Å². The van der Waals surface area contributed by atoms with Crippen molar-refractivity contribution in [3.05, 3.63) is 47.7 Å². The summed E-state index contributed by atoms with van der Waals surface area (Å²) in [5.74, 6) is 0.580. The lowest BCUT2D eigenvalue weighted by Gasteiger charge is -2.18. The minimum atomic E-state index is -0.304. The van der Waals surface area contributed by atoms with Crippen molar-refractivity contribution in [1.82, 2.24) is 14.9 Å². The predicted molar refractivity (Wildman–Crippen MR) is 83.7 cm³/mol. The van der Waals surface area contributed by atoms with Crippen molar-refractivity contribution in [3.8, 4) is 0 Å². The zero-order valence-electron chi connectivity index (χ0n) is 12.9. The third-order valence-corrected chi connectivity index (χ3v) is 3.22. The van der Waals surface area contributed by atoms with E-state index in [2.05, 4.69) is 15.3 Å². The van der Waals surface area contributed by atoms with Gasteiger partial charge in [0.1, 0.15) is 23.2 Å². The van der Waals surface area contributed by atoms with Crippen LogP contribution in [-0.4, -0.2) is 33.9 Å². The van der Waals surface area contributed by atoms with E-state index in [1.54, 1.807) is 30.0 Å². The third kappa shape index (κ3) is 3.78. The van der Waals surface area contributed by atoms with Crippen LogP contribution in [0.1, 0.15) is 30.2 Å². The molecule has 116 valence electrons. The van der Waals surface area contributed by atoms with Gasteiger partial charge in [-0.2, -0.15) is 0 Å². The number of hydrogen-bond donors (Lipinski definition) is 1. The van der Waals surface area contributed by atoms with E-state index >= 15 is 0 Å². The summed E-state index contributed by atoms with van der Waals surface area (Å²) in [4.78, 5) is 22.5. The fourth-order valence-electron chi connectivity index (χ4n) is 2.10. The second-order valence-electron chi connectivity index (χ2n) is 4.79. The highest BCUT2D eigenvalue weighted by molar-refractivity contribution is 5.93.